The number of anilines is 1. The number of nitrogens with zero attached hydrogens (tertiary/aromatic N) is 1. The Morgan fingerprint density at radius 1 is 1.23 bits per heavy atom. The van der Waals surface area contributed by atoms with Gasteiger partial charge in [0.2, 0.25) is 5.91 Å². The maximum absolute atomic E-state index is 12.8. The van der Waals surface area contributed by atoms with E-state index < -0.39 is 18.2 Å². The number of alkyl halides is 3. The van der Waals surface area contributed by atoms with Crippen molar-refractivity contribution < 1.29 is 22.7 Å². The molecule has 144 valence electrons. The van der Waals surface area contributed by atoms with Gasteiger partial charge in [0.1, 0.15) is 11.8 Å². The summed E-state index contributed by atoms with van der Waals surface area (Å²) < 4.78 is 41.2. The lowest BCUT2D eigenvalue weighted by Gasteiger charge is -2.40. The van der Waals surface area contributed by atoms with Crippen LogP contribution >= 0.6 is 11.6 Å². The number of piperidine rings is 2. The topological polar surface area (TPSA) is 53.6 Å². The second-order valence-corrected chi connectivity index (χ2v) is 7.03. The van der Waals surface area contributed by atoms with Crippen LogP contribution in [0.1, 0.15) is 25.7 Å². The molecule has 0 spiro atoms. The van der Waals surface area contributed by atoms with Crippen LogP contribution in [0.2, 0.25) is 5.02 Å². The molecule has 1 amide bonds. The summed E-state index contributed by atoms with van der Waals surface area (Å²) in [6, 6.07) is 3.46. The van der Waals surface area contributed by atoms with Crippen LogP contribution in [0.5, 0.6) is 5.75 Å². The molecule has 3 rings (SSSR count). The maximum Gasteiger partial charge on any atom is 0.573 e. The van der Waals surface area contributed by atoms with E-state index in [0.29, 0.717) is 18.7 Å². The van der Waals surface area contributed by atoms with Crippen molar-refractivity contribution in [2.75, 3.05) is 25.0 Å². The molecule has 2 saturated heterocycles. The number of hydrogen-bond acceptors (Lipinski definition) is 4. The van der Waals surface area contributed by atoms with Gasteiger partial charge in [0.05, 0.1) is 0 Å². The minimum absolute atomic E-state index is 0.0248. The molecule has 1 aromatic rings. The Kier molecular flexibility index (Phi) is 5.82. The van der Waals surface area contributed by atoms with Crippen molar-refractivity contribution in [2.24, 2.45) is 0 Å². The van der Waals surface area contributed by atoms with Crippen molar-refractivity contribution in [3.05, 3.63) is 23.2 Å². The van der Waals surface area contributed by atoms with E-state index in [0.717, 1.165) is 38.4 Å². The first kappa shape index (κ1) is 19.1. The highest BCUT2D eigenvalue weighted by Gasteiger charge is 2.34. The molecule has 2 unspecified atom stereocenters. The van der Waals surface area contributed by atoms with Gasteiger partial charge in [-0.3, -0.25) is 4.79 Å². The van der Waals surface area contributed by atoms with Crippen LogP contribution in [-0.2, 0) is 4.79 Å². The first-order valence-electron chi connectivity index (χ1n) is 8.66. The van der Waals surface area contributed by atoms with Gasteiger partial charge in [-0.2, -0.15) is 0 Å². The zero-order valence-electron chi connectivity index (χ0n) is 14.1. The third-order valence-electron chi connectivity index (χ3n) is 4.63. The third-order valence-corrected chi connectivity index (χ3v) is 4.85. The molecule has 2 heterocycles. The minimum atomic E-state index is -4.80. The Bertz CT molecular complexity index is 651. The van der Waals surface area contributed by atoms with Gasteiger partial charge in [0, 0.05) is 35.9 Å². The lowest BCUT2D eigenvalue weighted by Crippen LogP contribution is -2.55. The number of halogens is 4. The van der Waals surface area contributed by atoms with E-state index in [2.05, 4.69) is 15.4 Å². The van der Waals surface area contributed by atoms with Crippen molar-refractivity contribution >= 4 is 23.2 Å². The second kappa shape index (κ2) is 7.92. The molecule has 0 aliphatic carbocycles. The van der Waals surface area contributed by atoms with Crippen molar-refractivity contribution in [3.8, 4) is 5.75 Å². The number of likely N-dealkylation sites (tertiary alicyclic amines) is 1. The predicted molar refractivity (Wildman–Crippen MR) is 92.4 cm³/mol. The fourth-order valence-corrected chi connectivity index (χ4v) is 3.76. The molecule has 2 N–H and O–H groups in total. The number of carbonyl (C=O) groups excluding carboxylic acids is 1. The maximum atomic E-state index is 12.8. The number of carbonyl (C=O) groups is 1. The number of benzene rings is 1. The highest BCUT2D eigenvalue weighted by Crippen LogP contribution is 2.30. The fraction of sp³-hybridized carbons (Fsp3) is 0.588. The summed E-state index contributed by atoms with van der Waals surface area (Å²) in [7, 11) is 0. The highest BCUT2D eigenvalue weighted by atomic mass is 35.5. The van der Waals surface area contributed by atoms with E-state index in [-0.39, 0.29) is 17.0 Å². The molecule has 1 aromatic carbocycles. The Morgan fingerprint density at radius 3 is 2.73 bits per heavy atom. The number of ether oxygens (including phenoxy) is 1. The predicted octanol–water partition coefficient (Wildman–Crippen LogP) is 3.39. The highest BCUT2D eigenvalue weighted by molar-refractivity contribution is 6.31. The molecule has 0 radical (unpaired) electrons. The third kappa shape index (κ3) is 4.94. The van der Waals surface area contributed by atoms with Crippen LogP contribution in [0.3, 0.4) is 0 Å². The largest absolute Gasteiger partial charge is 0.573 e. The van der Waals surface area contributed by atoms with Crippen molar-refractivity contribution in [3.63, 3.8) is 0 Å². The van der Waals surface area contributed by atoms with E-state index in [1.807, 2.05) is 4.90 Å². The molecule has 26 heavy (non-hydrogen) atoms. The van der Waals surface area contributed by atoms with E-state index in [1.54, 1.807) is 0 Å². The lowest BCUT2D eigenvalue weighted by atomic mass is 9.98. The van der Waals surface area contributed by atoms with Gasteiger partial charge in [-0.05, 0) is 44.4 Å². The van der Waals surface area contributed by atoms with E-state index >= 15 is 0 Å². The van der Waals surface area contributed by atoms with Crippen molar-refractivity contribution in [1.82, 2.24) is 10.2 Å². The Labute approximate surface area is 154 Å². The summed E-state index contributed by atoms with van der Waals surface area (Å²) in [4.78, 5) is 14.7. The molecule has 5 nitrogen and oxygen atoms in total. The number of nitrogens with one attached hydrogen (secondary N) is 2. The SMILES string of the molecule is O=C1C(Nc2cc(Cl)cc(OC(F)(F)F)c2)CCCN1C1CCCNC1. The van der Waals surface area contributed by atoms with Gasteiger partial charge in [0.25, 0.3) is 0 Å². The number of amides is 1. The first-order chi connectivity index (χ1) is 12.3. The summed E-state index contributed by atoms with van der Waals surface area (Å²) in [5.41, 5.74) is 0.332. The van der Waals surface area contributed by atoms with Crippen LogP contribution in [0.25, 0.3) is 0 Å². The second-order valence-electron chi connectivity index (χ2n) is 6.59. The molecule has 0 saturated carbocycles. The van der Waals surface area contributed by atoms with Crippen LogP contribution in [-0.4, -0.2) is 48.9 Å². The van der Waals surface area contributed by atoms with Gasteiger partial charge >= 0.3 is 6.36 Å². The van der Waals surface area contributed by atoms with Crippen LogP contribution in [0, 0.1) is 0 Å². The van der Waals surface area contributed by atoms with Crippen molar-refractivity contribution in [1.29, 1.82) is 0 Å². The van der Waals surface area contributed by atoms with Gasteiger partial charge in [-0.25, -0.2) is 0 Å². The molecule has 2 fully saturated rings. The minimum Gasteiger partial charge on any atom is -0.406 e. The summed E-state index contributed by atoms with van der Waals surface area (Å²) in [6.45, 7) is 2.45. The Morgan fingerprint density at radius 2 is 2.04 bits per heavy atom. The van der Waals surface area contributed by atoms with Crippen molar-refractivity contribution in [2.45, 2.75) is 44.1 Å². The molecule has 2 atom stereocenters. The molecular formula is C17H21ClF3N3O2. The molecule has 9 heteroatoms. The molecule has 0 aromatic heterocycles. The zero-order valence-corrected chi connectivity index (χ0v) is 14.9. The normalized spacial score (nSPS) is 24.5. The molecule has 2 aliphatic rings. The van der Waals surface area contributed by atoms with E-state index in [9.17, 15) is 18.0 Å². The Hall–Kier alpha value is -1.67. The zero-order chi connectivity index (χ0) is 18.7. The van der Waals surface area contributed by atoms with Gasteiger partial charge in [0.15, 0.2) is 0 Å². The first-order valence-corrected chi connectivity index (χ1v) is 9.04. The quantitative estimate of drug-likeness (QED) is 0.826. The van der Waals surface area contributed by atoms with Gasteiger partial charge < -0.3 is 20.3 Å². The summed E-state index contributed by atoms with van der Waals surface area (Å²) >= 11 is 5.89. The smallest absolute Gasteiger partial charge is 0.406 e. The number of hydrogen-bond donors (Lipinski definition) is 2. The fourth-order valence-electron chi connectivity index (χ4n) is 3.54. The molecular weight excluding hydrogens is 371 g/mol. The van der Waals surface area contributed by atoms with Crippen LogP contribution in [0.15, 0.2) is 18.2 Å². The average molecular weight is 392 g/mol. The van der Waals surface area contributed by atoms with Gasteiger partial charge in [-0.15, -0.1) is 13.2 Å². The van der Waals surface area contributed by atoms with E-state index in [4.69, 9.17) is 11.6 Å². The molecule has 2 aliphatic heterocycles. The monoisotopic (exact) mass is 391 g/mol. The average Bonchev–Trinajstić information content (AvgIpc) is 2.55. The number of rotatable bonds is 4. The summed E-state index contributed by atoms with van der Waals surface area (Å²) in [5.74, 6) is -0.438. The van der Waals surface area contributed by atoms with Gasteiger partial charge in [-0.1, -0.05) is 11.6 Å². The van der Waals surface area contributed by atoms with Crippen LogP contribution < -0.4 is 15.4 Å². The van der Waals surface area contributed by atoms with Crippen LogP contribution in [0.4, 0.5) is 18.9 Å². The summed E-state index contributed by atoms with van der Waals surface area (Å²) in [6.07, 6.45) is -1.34. The standard InChI is InChI=1S/C17H21ClF3N3O2/c18-11-7-12(9-14(8-11)26-17(19,20)21)23-15-4-2-6-24(16(15)25)13-3-1-5-22-10-13/h7-9,13,15,22-23H,1-6,10H2. The van der Waals surface area contributed by atoms with E-state index in [1.165, 1.54) is 12.1 Å². The summed E-state index contributed by atoms with van der Waals surface area (Å²) in [5, 5.41) is 6.42. The Balaban J connectivity index is 1.70. The lowest BCUT2D eigenvalue weighted by molar-refractivity contribution is -0.274. The molecule has 0 bridgehead atoms.